The maximum atomic E-state index is 12.2. The van der Waals surface area contributed by atoms with Gasteiger partial charge in [0.25, 0.3) is 5.91 Å². The van der Waals surface area contributed by atoms with Gasteiger partial charge in [-0.15, -0.1) is 0 Å². The van der Waals surface area contributed by atoms with Gasteiger partial charge in [0.05, 0.1) is 0 Å². The van der Waals surface area contributed by atoms with Crippen molar-refractivity contribution in [3.8, 4) is 0 Å². The van der Waals surface area contributed by atoms with Crippen molar-refractivity contribution in [1.82, 2.24) is 10.6 Å². The first kappa shape index (κ1) is 12.2. The van der Waals surface area contributed by atoms with Crippen molar-refractivity contribution in [2.75, 3.05) is 0 Å². The van der Waals surface area contributed by atoms with Gasteiger partial charge in [-0.2, -0.15) is 0 Å². The van der Waals surface area contributed by atoms with Crippen LogP contribution in [-0.2, 0) is 16.8 Å². The molecule has 2 aliphatic rings. The van der Waals surface area contributed by atoms with Crippen molar-refractivity contribution in [2.45, 2.75) is 44.6 Å². The topological polar surface area (TPSA) is 58.2 Å². The Bertz CT molecular complexity index is 565. The van der Waals surface area contributed by atoms with Crippen molar-refractivity contribution >= 4 is 11.9 Å². The summed E-state index contributed by atoms with van der Waals surface area (Å²) in [6.07, 6.45) is 2.58. The number of carbonyl (C=O) groups is 2. The Morgan fingerprint density at radius 2 is 2.05 bits per heavy atom. The van der Waals surface area contributed by atoms with E-state index in [9.17, 15) is 9.59 Å². The third kappa shape index (κ3) is 1.66. The van der Waals surface area contributed by atoms with Crippen LogP contribution < -0.4 is 10.6 Å². The fourth-order valence-corrected chi connectivity index (χ4v) is 3.35. The summed E-state index contributed by atoms with van der Waals surface area (Å²) in [6, 6.07) is 5.70. The van der Waals surface area contributed by atoms with Crippen molar-refractivity contribution in [2.24, 2.45) is 0 Å². The lowest BCUT2D eigenvalue weighted by molar-refractivity contribution is -0.124. The highest BCUT2D eigenvalue weighted by atomic mass is 16.2. The zero-order chi connectivity index (χ0) is 13.6. The summed E-state index contributed by atoms with van der Waals surface area (Å²) in [6.45, 7) is 4.31. The molecule has 1 saturated heterocycles. The quantitative estimate of drug-likeness (QED) is 0.758. The van der Waals surface area contributed by atoms with Gasteiger partial charge >= 0.3 is 6.03 Å². The molecule has 0 saturated carbocycles. The predicted molar refractivity (Wildman–Crippen MR) is 71.8 cm³/mol. The van der Waals surface area contributed by atoms with Crippen molar-refractivity contribution in [3.63, 3.8) is 0 Å². The number of nitrogens with one attached hydrogen (secondary N) is 2. The average molecular weight is 258 g/mol. The molecule has 0 aromatic heterocycles. The van der Waals surface area contributed by atoms with Crippen molar-refractivity contribution < 1.29 is 9.59 Å². The molecule has 1 fully saturated rings. The van der Waals surface area contributed by atoms with Gasteiger partial charge in [-0.1, -0.05) is 32.0 Å². The SMILES string of the molecule is CC(C)c1cccc2c1CCCC21NC(=O)NC1=O. The number of hydrogen-bond donors (Lipinski definition) is 2. The van der Waals surface area contributed by atoms with Crippen molar-refractivity contribution in [3.05, 3.63) is 34.9 Å². The summed E-state index contributed by atoms with van der Waals surface area (Å²) in [5, 5.41) is 5.22. The molecule has 1 spiro atoms. The van der Waals surface area contributed by atoms with Gasteiger partial charge in [0.15, 0.2) is 0 Å². The zero-order valence-corrected chi connectivity index (χ0v) is 11.2. The van der Waals surface area contributed by atoms with Crippen LogP contribution in [0.3, 0.4) is 0 Å². The Hall–Kier alpha value is -1.84. The molecule has 19 heavy (non-hydrogen) atoms. The van der Waals surface area contributed by atoms with Gasteiger partial charge in [0.2, 0.25) is 0 Å². The van der Waals surface area contributed by atoms with E-state index in [0.717, 1.165) is 18.4 Å². The first-order chi connectivity index (χ1) is 9.04. The highest BCUT2D eigenvalue weighted by molar-refractivity contribution is 6.07. The maximum absolute atomic E-state index is 12.2. The minimum atomic E-state index is -0.838. The fraction of sp³-hybridized carbons (Fsp3) is 0.467. The molecule has 1 heterocycles. The van der Waals surface area contributed by atoms with Crippen LogP contribution in [0.5, 0.6) is 0 Å². The summed E-state index contributed by atoms with van der Waals surface area (Å²) in [4.78, 5) is 23.7. The second-order valence-electron chi connectivity index (χ2n) is 5.70. The van der Waals surface area contributed by atoms with E-state index in [2.05, 4.69) is 30.5 Å². The van der Waals surface area contributed by atoms with Gasteiger partial charge in [-0.3, -0.25) is 10.1 Å². The van der Waals surface area contributed by atoms with E-state index < -0.39 is 5.54 Å². The lowest BCUT2D eigenvalue weighted by Crippen LogP contribution is -2.46. The molecule has 1 aliphatic carbocycles. The third-order valence-electron chi connectivity index (χ3n) is 4.21. The Balaban J connectivity index is 2.18. The average Bonchev–Trinajstić information content (AvgIpc) is 2.64. The Morgan fingerprint density at radius 1 is 1.26 bits per heavy atom. The van der Waals surface area contributed by atoms with Crippen LogP contribution in [0.15, 0.2) is 18.2 Å². The minimum absolute atomic E-state index is 0.209. The summed E-state index contributed by atoms with van der Waals surface area (Å²) in [5.41, 5.74) is 2.66. The highest BCUT2D eigenvalue weighted by Crippen LogP contribution is 2.40. The van der Waals surface area contributed by atoms with Gasteiger partial charge in [-0.05, 0) is 41.9 Å². The van der Waals surface area contributed by atoms with Crippen LogP contribution in [0.4, 0.5) is 4.79 Å². The predicted octanol–water partition coefficient (Wildman–Crippen LogP) is 2.18. The molecule has 4 heteroatoms. The molecule has 0 radical (unpaired) electrons. The molecule has 100 valence electrons. The van der Waals surface area contributed by atoms with Crippen LogP contribution in [-0.4, -0.2) is 11.9 Å². The van der Waals surface area contributed by atoms with E-state index in [-0.39, 0.29) is 11.9 Å². The van der Waals surface area contributed by atoms with Crippen LogP contribution >= 0.6 is 0 Å². The summed E-state index contributed by atoms with van der Waals surface area (Å²) >= 11 is 0. The molecular weight excluding hydrogens is 240 g/mol. The van der Waals surface area contributed by atoms with E-state index in [1.807, 2.05) is 12.1 Å². The number of fused-ring (bicyclic) bond motifs is 2. The molecule has 3 rings (SSSR count). The van der Waals surface area contributed by atoms with E-state index in [4.69, 9.17) is 0 Å². The molecule has 0 bridgehead atoms. The van der Waals surface area contributed by atoms with Gasteiger partial charge in [0, 0.05) is 0 Å². The molecule has 1 aliphatic heterocycles. The highest BCUT2D eigenvalue weighted by Gasteiger charge is 2.50. The molecule has 3 amide bonds. The van der Waals surface area contributed by atoms with Gasteiger partial charge in [-0.25, -0.2) is 4.79 Å². The molecular formula is C15H18N2O2. The number of hydrogen-bond acceptors (Lipinski definition) is 2. The smallest absolute Gasteiger partial charge is 0.319 e. The van der Waals surface area contributed by atoms with Crippen LogP contribution in [0.25, 0.3) is 0 Å². The summed E-state index contributed by atoms with van der Waals surface area (Å²) in [5.74, 6) is 0.213. The fourth-order valence-electron chi connectivity index (χ4n) is 3.35. The number of rotatable bonds is 1. The molecule has 1 aromatic carbocycles. The number of imide groups is 1. The Kier molecular flexibility index (Phi) is 2.62. The first-order valence-electron chi connectivity index (χ1n) is 6.80. The molecule has 1 atom stereocenters. The van der Waals surface area contributed by atoms with Gasteiger partial charge in [0.1, 0.15) is 5.54 Å². The van der Waals surface area contributed by atoms with E-state index in [1.165, 1.54) is 11.1 Å². The minimum Gasteiger partial charge on any atom is -0.319 e. The largest absolute Gasteiger partial charge is 0.322 e. The molecule has 4 nitrogen and oxygen atoms in total. The van der Waals surface area contributed by atoms with Crippen LogP contribution in [0.2, 0.25) is 0 Å². The molecule has 1 aromatic rings. The lowest BCUT2D eigenvalue weighted by Gasteiger charge is -2.34. The standard InChI is InChI=1S/C15H18N2O2/c1-9(2)10-5-3-7-12-11(10)6-4-8-15(12)13(18)16-14(19)17-15/h3,5,7,9H,4,6,8H2,1-2H3,(H2,16,17,18,19). The number of carbonyl (C=O) groups excluding carboxylic acids is 2. The number of benzene rings is 1. The second-order valence-corrected chi connectivity index (χ2v) is 5.70. The number of urea groups is 1. The van der Waals surface area contributed by atoms with Crippen molar-refractivity contribution in [1.29, 1.82) is 0 Å². The van der Waals surface area contributed by atoms with Gasteiger partial charge < -0.3 is 5.32 Å². The summed E-state index contributed by atoms with van der Waals surface area (Å²) in [7, 11) is 0. The Labute approximate surface area is 112 Å². The maximum Gasteiger partial charge on any atom is 0.322 e. The monoisotopic (exact) mass is 258 g/mol. The molecule has 1 unspecified atom stereocenters. The normalized spacial score (nSPS) is 25.4. The number of amides is 3. The Morgan fingerprint density at radius 3 is 2.68 bits per heavy atom. The van der Waals surface area contributed by atoms with E-state index in [0.29, 0.717) is 12.3 Å². The van der Waals surface area contributed by atoms with Crippen LogP contribution in [0, 0.1) is 0 Å². The molecule has 2 N–H and O–H groups in total. The third-order valence-corrected chi connectivity index (χ3v) is 4.21. The second kappa shape index (κ2) is 4.08. The van der Waals surface area contributed by atoms with E-state index in [1.54, 1.807) is 0 Å². The van der Waals surface area contributed by atoms with Crippen LogP contribution in [0.1, 0.15) is 49.3 Å². The summed E-state index contributed by atoms with van der Waals surface area (Å²) < 4.78 is 0. The van der Waals surface area contributed by atoms with E-state index >= 15 is 0 Å². The zero-order valence-electron chi connectivity index (χ0n) is 11.2. The lowest BCUT2D eigenvalue weighted by atomic mass is 9.74. The first-order valence-corrected chi connectivity index (χ1v) is 6.80.